The summed E-state index contributed by atoms with van der Waals surface area (Å²) in [5.41, 5.74) is 5.02. The number of phenols is 1. The third-order valence-corrected chi connectivity index (χ3v) is 6.72. The van der Waals surface area contributed by atoms with E-state index in [1.165, 1.54) is 5.56 Å². The van der Waals surface area contributed by atoms with Gasteiger partial charge in [-0.1, -0.05) is 38.1 Å². The molecule has 0 saturated carbocycles. The standard InChI is InChI=1S/C28H36N4O2/c1-20(2)22-11-13-23(14-12-22)32(19-21-17-29-31(18-21)16-15-30(3)4)28(34)26-9-5-8-25-24(26)7-6-10-27(25)33/h6-7,10-14,17-18,20,26,33H,5,8-9,15-16,19H2,1-4H3. The van der Waals surface area contributed by atoms with Crippen LogP contribution in [0.2, 0.25) is 0 Å². The van der Waals surface area contributed by atoms with Crippen molar-refractivity contribution in [1.29, 1.82) is 0 Å². The number of amides is 1. The van der Waals surface area contributed by atoms with Gasteiger partial charge in [0.05, 0.1) is 25.2 Å². The van der Waals surface area contributed by atoms with E-state index in [-0.39, 0.29) is 11.8 Å². The van der Waals surface area contributed by atoms with Gasteiger partial charge in [0.1, 0.15) is 5.75 Å². The van der Waals surface area contributed by atoms with E-state index in [1.807, 2.05) is 48.2 Å². The predicted octanol–water partition coefficient (Wildman–Crippen LogP) is 4.93. The molecule has 1 aliphatic carbocycles. The summed E-state index contributed by atoms with van der Waals surface area (Å²) >= 11 is 0. The van der Waals surface area contributed by atoms with E-state index in [4.69, 9.17) is 0 Å². The Kier molecular flexibility index (Phi) is 7.37. The lowest BCUT2D eigenvalue weighted by atomic mass is 9.81. The van der Waals surface area contributed by atoms with Crippen LogP contribution in [0.15, 0.2) is 54.9 Å². The summed E-state index contributed by atoms with van der Waals surface area (Å²) in [4.78, 5) is 18.0. The van der Waals surface area contributed by atoms with Crippen molar-refractivity contribution in [2.75, 3.05) is 25.5 Å². The maximum atomic E-state index is 14.0. The summed E-state index contributed by atoms with van der Waals surface area (Å²) in [6, 6.07) is 13.9. The third-order valence-electron chi connectivity index (χ3n) is 6.72. The zero-order valence-corrected chi connectivity index (χ0v) is 20.7. The molecule has 1 unspecified atom stereocenters. The van der Waals surface area contributed by atoms with Crippen molar-refractivity contribution >= 4 is 11.6 Å². The Balaban J connectivity index is 1.64. The fourth-order valence-electron chi connectivity index (χ4n) is 4.70. The van der Waals surface area contributed by atoms with E-state index in [2.05, 4.69) is 48.1 Å². The fourth-order valence-corrected chi connectivity index (χ4v) is 4.70. The topological polar surface area (TPSA) is 61.6 Å². The van der Waals surface area contributed by atoms with Crippen molar-refractivity contribution in [1.82, 2.24) is 14.7 Å². The molecule has 2 aromatic carbocycles. The molecule has 3 aromatic rings. The molecule has 0 fully saturated rings. The maximum absolute atomic E-state index is 14.0. The molecule has 0 bridgehead atoms. The largest absolute Gasteiger partial charge is 0.508 e. The Labute approximate surface area is 202 Å². The van der Waals surface area contributed by atoms with Crippen molar-refractivity contribution < 1.29 is 9.90 Å². The number of phenolic OH excluding ortho intramolecular Hbond substituents is 1. The Morgan fingerprint density at radius 2 is 1.94 bits per heavy atom. The first-order valence-corrected chi connectivity index (χ1v) is 12.2. The molecule has 1 amide bonds. The Morgan fingerprint density at radius 1 is 1.18 bits per heavy atom. The highest BCUT2D eigenvalue weighted by atomic mass is 16.3. The summed E-state index contributed by atoms with van der Waals surface area (Å²) in [5.74, 6) is 0.542. The molecule has 0 saturated heterocycles. The van der Waals surface area contributed by atoms with Crippen LogP contribution >= 0.6 is 0 Å². The average molecular weight is 461 g/mol. The van der Waals surface area contributed by atoms with Gasteiger partial charge in [0.25, 0.3) is 0 Å². The van der Waals surface area contributed by atoms with Gasteiger partial charge in [0, 0.05) is 24.0 Å². The molecule has 180 valence electrons. The van der Waals surface area contributed by atoms with Crippen molar-refractivity contribution in [2.24, 2.45) is 0 Å². The number of nitrogens with zero attached hydrogens (tertiary/aromatic N) is 4. The van der Waals surface area contributed by atoms with Crippen molar-refractivity contribution in [3.63, 3.8) is 0 Å². The molecule has 4 rings (SSSR count). The Morgan fingerprint density at radius 3 is 2.65 bits per heavy atom. The molecule has 6 heteroatoms. The molecule has 1 aliphatic rings. The van der Waals surface area contributed by atoms with E-state index < -0.39 is 0 Å². The number of hydrogen-bond donors (Lipinski definition) is 1. The minimum absolute atomic E-state index is 0.0740. The smallest absolute Gasteiger partial charge is 0.234 e. The minimum atomic E-state index is -0.260. The lowest BCUT2D eigenvalue weighted by Gasteiger charge is -2.31. The first kappa shape index (κ1) is 24.0. The highest BCUT2D eigenvalue weighted by molar-refractivity contribution is 5.98. The van der Waals surface area contributed by atoms with Gasteiger partial charge in [-0.3, -0.25) is 9.48 Å². The third kappa shape index (κ3) is 5.33. The lowest BCUT2D eigenvalue weighted by molar-refractivity contribution is -0.120. The van der Waals surface area contributed by atoms with E-state index in [0.717, 1.165) is 54.7 Å². The van der Waals surface area contributed by atoms with Gasteiger partial charge in [-0.25, -0.2) is 0 Å². The van der Waals surface area contributed by atoms with Gasteiger partial charge in [-0.2, -0.15) is 5.10 Å². The summed E-state index contributed by atoms with van der Waals surface area (Å²) < 4.78 is 1.94. The first-order chi connectivity index (χ1) is 16.3. The van der Waals surface area contributed by atoms with E-state index in [1.54, 1.807) is 6.07 Å². The molecule has 34 heavy (non-hydrogen) atoms. The fraction of sp³-hybridized carbons (Fsp3) is 0.429. The molecular formula is C28H36N4O2. The van der Waals surface area contributed by atoms with Crippen LogP contribution in [0.25, 0.3) is 0 Å². The second-order valence-corrected chi connectivity index (χ2v) is 9.88. The van der Waals surface area contributed by atoms with Crippen LogP contribution in [-0.2, 0) is 24.3 Å². The summed E-state index contributed by atoms with van der Waals surface area (Å²) in [7, 11) is 4.09. The lowest BCUT2D eigenvalue weighted by Crippen LogP contribution is -2.36. The van der Waals surface area contributed by atoms with E-state index in [9.17, 15) is 9.90 Å². The molecule has 0 radical (unpaired) electrons. The summed E-state index contributed by atoms with van der Waals surface area (Å²) in [5, 5.41) is 14.9. The molecular weight excluding hydrogens is 424 g/mol. The summed E-state index contributed by atoms with van der Waals surface area (Å²) in [6.07, 6.45) is 6.39. The number of fused-ring (bicyclic) bond motifs is 1. The number of carbonyl (C=O) groups excluding carboxylic acids is 1. The van der Waals surface area contributed by atoms with Crippen LogP contribution < -0.4 is 4.90 Å². The second kappa shape index (κ2) is 10.4. The SMILES string of the molecule is CC(C)c1ccc(N(Cc2cnn(CCN(C)C)c2)C(=O)C2CCCc3c(O)cccc32)cc1. The highest BCUT2D eigenvalue weighted by Crippen LogP contribution is 2.38. The number of hydrogen-bond acceptors (Lipinski definition) is 4. The van der Waals surface area contributed by atoms with Crippen molar-refractivity contribution in [3.8, 4) is 5.75 Å². The molecule has 1 N–H and O–H groups in total. The van der Waals surface area contributed by atoms with Gasteiger partial charge in [0.2, 0.25) is 5.91 Å². The van der Waals surface area contributed by atoms with Gasteiger partial charge >= 0.3 is 0 Å². The van der Waals surface area contributed by atoms with Crippen LogP contribution in [-0.4, -0.2) is 46.3 Å². The minimum Gasteiger partial charge on any atom is -0.508 e. The Bertz CT molecular complexity index is 1120. The average Bonchev–Trinajstić information content (AvgIpc) is 3.28. The van der Waals surface area contributed by atoms with Crippen molar-refractivity contribution in [3.05, 3.63) is 77.1 Å². The predicted molar refractivity (Wildman–Crippen MR) is 136 cm³/mol. The quantitative estimate of drug-likeness (QED) is 0.518. The van der Waals surface area contributed by atoms with E-state index in [0.29, 0.717) is 18.2 Å². The van der Waals surface area contributed by atoms with Gasteiger partial charge in [0.15, 0.2) is 0 Å². The number of aromatic nitrogens is 2. The van der Waals surface area contributed by atoms with Crippen LogP contribution in [0.5, 0.6) is 5.75 Å². The molecule has 0 aliphatic heterocycles. The number of anilines is 1. The van der Waals surface area contributed by atoms with Crippen LogP contribution in [0.4, 0.5) is 5.69 Å². The first-order valence-electron chi connectivity index (χ1n) is 12.2. The highest BCUT2D eigenvalue weighted by Gasteiger charge is 2.32. The Hall–Kier alpha value is -3.12. The second-order valence-electron chi connectivity index (χ2n) is 9.88. The zero-order chi connectivity index (χ0) is 24.2. The molecule has 6 nitrogen and oxygen atoms in total. The number of aromatic hydroxyl groups is 1. The molecule has 1 aromatic heterocycles. The van der Waals surface area contributed by atoms with Gasteiger partial charge in [-0.05, 0) is 74.2 Å². The van der Waals surface area contributed by atoms with Gasteiger partial charge in [-0.15, -0.1) is 0 Å². The number of benzene rings is 2. The number of carbonyl (C=O) groups is 1. The van der Waals surface area contributed by atoms with Crippen LogP contribution in [0.3, 0.4) is 0 Å². The monoisotopic (exact) mass is 460 g/mol. The van der Waals surface area contributed by atoms with Crippen LogP contribution in [0.1, 0.15) is 60.8 Å². The van der Waals surface area contributed by atoms with Gasteiger partial charge < -0.3 is 14.9 Å². The van der Waals surface area contributed by atoms with Crippen molar-refractivity contribution in [2.45, 2.75) is 58.0 Å². The van der Waals surface area contributed by atoms with E-state index >= 15 is 0 Å². The molecule has 0 spiro atoms. The molecule has 1 atom stereocenters. The number of likely N-dealkylation sites (N-methyl/N-ethyl adjacent to an activating group) is 1. The number of rotatable bonds is 8. The zero-order valence-electron chi connectivity index (χ0n) is 20.7. The van der Waals surface area contributed by atoms with Crippen LogP contribution in [0, 0.1) is 0 Å². The summed E-state index contributed by atoms with van der Waals surface area (Å²) in [6.45, 7) is 6.52. The molecule has 1 heterocycles. The normalized spacial score (nSPS) is 15.5. The maximum Gasteiger partial charge on any atom is 0.234 e.